The van der Waals surface area contributed by atoms with Crippen molar-refractivity contribution < 1.29 is 32.1 Å². The van der Waals surface area contributed by atoms with Gasteiger partial charge in [0, 0.05) is 30.3 Å². The SMILES string of the molecule is COC1=CC=C2C(=CN3CCc4cc5c(cc4C3=C2Cc2ccc(C(F)(F)F)cc2)OCO5)C1OCc1ccc(C(C)(C)C)cc1. The summed E-state index contributed by atoms with van der Waals surface area (Å²) in [7, 11) is 1.65. The molecule has 0 radical (unpaired) electrons. The smallest absolute Gasteiger partial charge is 0.416 e. The molecule has 1 aliphatic carbocycles. The summed E-state index contributed by atoms with van der Waals surface area (Å²) in [6, 6.07) is 18.0. The molecule has 0 saturated carbocycles. The molecule has 3 aliphatic heterocycles. The van der Waals surface area contributed by atoms with Gasteiger partial charge in [-0.05, 0) is 75.6 Å². The molecule has 7 rings (SSSR count). The zero-order valence-electron chi connectivity index (χ0n) is 26.3. The van der Waals surface area contributed by atoms with Crippen LogP contribution in [0.3, 0.4) is 0 Å². The normalized spacial score (nSPS) is 18.7. The number of nitrogens with zero attached hydrogens (tertiary/aromatic N) is 1. The maximum atomic E-state index is 13.4. The largest absolute Gasteiger partial charge is 0.498 e. The summed E-state index contributed by atoms with van der Waals surface area (Å²) in [4.78, 5) is 2.24. The van der Waals surface area contributed by atoms with Gasteiger partial charge in [-0.25, -0.2) is 0 Å². The quantitative estimate of drug-likeness (QED) is 0.274. The molecule has 0 N–H and O–H groups in total. The van der Waals surface area contributed by atoms with E-state index >= 15 is 0 Å². The lowest BCUT2D eigenvalue weighted by molar-refractivity contribution is -0.137. The maximum Gasteiger partial charge on any atom is 0.416 e. The highest BCUT2D eigenvalue weighted by Gasteiger charge is 2.37. The number of halogens is 3. The van der Waals surface area contributed by atoms with Gasteiger partial charge >= 0.3 is 6.18 Å². The zero-order chi connectivity index (χ0) is 32.2. The lowest BCUT2D eigenvalue weighted by atomic mass is 9.79. The van der Waals surface area contributed by atoms with Gasteiger partial charge in [-0.3, -0.25) is 0 Å². The number of rotatable bonds is 6. The molecule has 0 fully saturated rings. The van der Waals surface area contributed by atoms with E-state index < -0.39 is 17.8 Å². The van der Waals surface area contributed by atoms with Crippen LogP contribution in [0.15, 0.2) is 101 Å². The average Bonchev–Trinajstić information content (AvgIpc) is 3.49. The fraction of sp³-hybridized carbons (Fsp3) is 0.316. The van der Waals surface area contributed by atoms with Crippen LogP contribution in [0.5, 0.6) is 11.5 Å². The number of alkyl halides is 3. The van der Waals surface area contributed by atoms with E-state index in [0.29, 0.717) is 24.5 Å². The maximum absolute atomic E-state index is 13.4. The van der Waals surface area contributed by atoms with E-state index in [1.54, 1.807) is 19.2 Å². The van der Waals surface area contributed by atoms with Gasteiger partial charge in [-0.15, -0.1) is 0 Å². The molecule has 3 heterocycles. The fourth-order valence-electron chi connectivity index (χ4n) is 6.56. The lowest BCUT2D eigenvalue weighted by Crippen LogP contribution is -2.34. The fourth-order valence-corrected chi connectivity index (χ4v) is 6.56. The highest BCUT2D eigenvalue weighted by atomic mass is 19.4. The molecule has 0 saturated heterocycles. The Morgan fingerprint density at radius 3 is 2.22 bits per heavy atom. The number of allylic oxidation sites excluding steroid dienone is 3. The van der Waals surface area contributed by atoms with Gasteiger partial charge in [0.2, 0.25) is 6.79 Å². The number of hydrogen-bond donors (Lipinski definition) is 0. The van der Waals surface area contributed by atoms with E-state index in [9.17, 15) is 13.2 Å². The minimum atomic E-state index is -4.40. The summed E-state index contributed by atoms with van der Waals surface area (Å²) in [5, 5.41) is 0. The lowest BCUT2D eigenvalue weighted by Gasteiger charge is -2.40. The van der Waals surface area contributed by atoms with Crippen molar-refractivity contribution in [3.8, 4) is 11.5 Å². The number of ether oxygens (including phenoxy) is 4. The van der Waals surface area contributed by atoms with Crippen LogP contribution in [0.1, 0.15) is 54.2 Å². The zero-order valence-corrected chi connectivity index (χ0v) is 26.3. The van der Waals surface area contributed by atoms with Crippen molar-refractivity contribution >= 4 is 5.70 Å². The molecule has 238 valence electrons. The number of hydrogen-bond acceptors (Lipinski definition) is 5. The number of fused-ring (bicyclic) bond motifs is 5. The van der Waals surface area contributed by atoms with Crippen LogP contribution in [-0.2, 0) is 40.5 Å². The van der Waals surface area contributed by atoms with Gasteiger partial charge in [-0.2, -0.15) is 13.2 Å². The third kappa shape index (κ3) is 5.60. The highest BCUT2D eigenvalue weighted by molar-refractivity contribution is 5.82. The highest BCUT2D eigenvalue weighted by Crippen LogP contribution is 2.48. The van der Waals surface area contributed by atoms with Gasteiger partial charge in [0.05, 0.1) is 25.0 Å². The third-order valence-electron chi connectivity index (χ3n) is 9.07. The first-order valence-corrected chi connectivity index (χ1v) is 15.5. The summed E-state index contributed by atoms with van der Waals surface area (Å²) in [5.74, 6) is 2.12. The molecule has 0 bridgehead atoms. The predicted molar refractivity (Wildman–Crippen MR) is 170 cm³/mol. The van der Waals surface area contributed by atoms with E-state index in [1.807, 2.05) is 24.3 Å². The summed E-state index contributed by atoms with van der Waals surface area (Å²) in [6.07, 6.45) is 2.48. The Kier molecular flexibility index (Phi) is 7.51. The van der Waals surface area contributed by atoms with Crippen LogP contribution in [0.25, 0.3) is 5.70 Å². The Morgan fingerprint density at radius 1 is 0.870 bits per heavy atom. The van der Waals surface area contributed by atoms with Crippen molar-refractivity contribution in [3.05, 3.63) is 135 Å². The van der Waals surface area contributed by atoms with Gasteiger partial charge in [0.1, 0.15) is 11.9 Å². The van der Waals surface area contributed by atoms with Crippen molar-refractivity contribution in [2.24, 2.45) is 0 Å². The summed E-state index contributed by atoms with van der Waals surface area (Å²) in [6.45, 7) is 7.86. The Balaban J connectivity index is 1.28. The number of benzene rings is 3. The van der Waals surface area contributed by atoms with Crippen molar-refractivity contribution in [3.63, 3.8) is 0 Å². The van der Waals surface area contributed by atoms with E-state index in [0.717, 1.165) is 75.5 Å². The predicted octanol–water partition coefficient (Wildman–Crippen LogP) is 8.50. The molecular formula is C38H36F3NO4. The van der Waals surface area contributed by atoms with Crippen molar-refractivity contribution in [1.29, 1.82) is 0 Å². The van der Waals surface area contributed by atoms with Crippen molar-refractivity contribution in [2.75, 3.05) is 20.4 Å². The third-order valence-corrected chi connectivity index (χ3v) is 9.07. The van der Waals surface area contributed by atoms with Crippen molar-refractivity contribution in [1.82, 2.24) is 4.90 Å². The van der Waals surface area contributed by atoms with Crippen LogP contribution >= 0.6 is 0 Å². The Hall–Kier alpha value is -4.43. The molecule has 0 amide bonds. The van der Waals surface area contributed by atoms with Gasteiger partial charge < -0.3 is 23.8 Å². The summed E-state index contributed by atoms with van der Waals surface area (Å²) < 4.78 is 64.0. The molecule has 1 atom stereocenters. The minimum absolute atomic E-state index is 0.0567. The average molecular weight is 628 g/mol. The molecular weight excluding hydrogens is 591 g/mol. The van der Waals surface area contributed by atoms with Crippen LogP contribution < -0.4 is 9.47 Å². The molecule has 46 heavy (non-hydrogen) atoms. The molecule has 1 unspecified atom stereocenters. The van der Waals surface area contributed by atoms with Crippen molar-refractivity contribution in [2.45, 2.75) is 57.9 Å². The van der Waals surface area contributed by atoms with Crippen LogP contribution in [0.2, 0.25) is 0 Å². The molecule has 0 spiro atoms. The van der Waals surface area contributed by atoms with Crippen LogP contribution in [0, 0.1) is 0 Å². The first-order chi connectivity index (χ1) is 22.0. The molecule has 4 aliphatic rings. The van der Waals surface area contributed by atoms with E-state index in [-0.39, 0.29) is 12.2 Å². The second-order valence-corrected chi connectivity index (χ2v) is 13.1. The topological polar surface area (TPSA) is 40.2 Å². The molecule has 3 aromatic carbocycles. The Morgan fingerprint density at radius 2 is 1.54 bits per heavy atom. The molecule has 5 nitrogen and oxygen atoms in total. The monoisotopic (exact) mass is 627 g/mol. The molecule has 0 aromatic heterocycles. The summed E-state index contributed by atoms with van der Waals surface area (Å²) in [5.41, 5.74) is 8.62. The standard InChI is InChI=1S/C38H36F3NO4/c1-37(2,3)26-9-7-24(8-10-26)21-44-36-31-20-42-16-15-25-18-33-34(46-22-45-33)19-29(25)35(42)30(28(31)13-14-32(36)43-4)17-23-5-11-27(12-6-23)38(39,40)41/h5-14,18-20,36H,15-17,21-22H2,1-4H3. The Bertz CT molecular complexity index is 1790. The van der Waals surface area contributed by atoms with Gasteiger partial charge in [-0.1, -0.05) is 63.2 Å². The van der Waals surface area contributed by atoms with E-state index in [2.05, 4.69) is 56.1 Å². The molecule has 8 heteroatoms. The number of methoxy groups -OCH3 is 1. The second kappa shape index (κ2) is 11.4. The first-order valence-electron chi connectivity index (χ1n) is 15.5. The minimum Gasteiger partial charge on any atom is -0.498 e. The molecule has 3 aromatic rings. The van der Waals surface area contributed by atoms with Crippen LogP contribution in [0.4, 0.5) is 13.2 Å². The second-order valence-electron chi connectivity index (χ2n) is 13.1. The van der Waals surface area contributed by atoms with Crippen LogP contribution in [-0.4, -0.2) is 31.5 Å². The van der Waals surface area contributed by atoms with E-state index in [1.165, 1.54) is 5.56 Å². The first kappa shape index (κ1) is 30.2. The van der Waals surface area contributed by atoms with E-state index in [4.69, 9.17) is 18.9 Å². The van der Waals surface area contributed by atoms with Gasteiger partial charge in [0.15, 0.2) is 11.5 Å². The Labute approximate surface area is 267 Å². The van der Waals surface area contributed by atoms with Gasteiger partial charge in [0.25, 0.3) is 0 Å². The summed E-state index contributed by atoms with van der Waals surface area (Å²) >= 11 is 0.